The summed E-state index contributed by atoms with van der Waals surface area (Å²) >= 11 is 0. The molecule has 2 saturated heterocycles. The van der Waals surface area contributed by atoms with E-state index >= 15 is 0 Å². The van der Waals surface area contributed by atoms with E-state index < -0.39 is 9.84 Å². The summed E-state index contributed by atoms with van der Waals surface area (Å²) in [6.07, 6.45) is 0.729. The summed E-state index contributed by atoms with van der Waals surface area (Å²) in [6.45, 7) is 3.63. The molecule has 1 aromatic heterocycles. The molecule has 2 aromatic rings. The van der Waals surface area contributed by atoms with Crippen LogP contribution in [-0.2, 0) is 16.5 Å². The molecule has 1 atom stereocenters. The lowest BCUT2D eigenvalue weighted by molar-refractivity contribution is 0.0800. The summed E-state index contributed by atoms with van der Waals surface area (Å²) in [5.74, 6) is 1.35. The molecule has 29 heavy (non-hydrogen) atoms. The van der Waals surface area contributed by atoms with E-state index in [-0.39, 0.29) is 17.4 Å². The van der Waals surface area contributed by atoms with Crippen LogP contribution in [0.5, 0.6) is 5.75 Å². The van der Waals surface area contributed by atoms with Crippen molar-refractivity contribution in [1.29, 1.82) is 0 Å². The molecule has 1 unspecified atom stereocenters. The van der Waals surface area contributed by atoms with Crippen molar-refractivity contribution in [3.8, 4) is 17.0 Å². The van der Waals surface area contributed by atoms with E-state index in [0.717, 1.165) is 49.6 Å². The molecule has 0 saturated carbocycles. The third-order valence-electron chi connectivity index (χ3n) is 5.72. The largest absolute Gasteiger partial charge is 0.497 e. The number of rotatable bonds is 5. The topological polar surface area (TPSA) is 84.7 Å². The number of piperazine rings is 1. The Morgan fingerprint density at radius 2 is 1.79 bits per heavy atom. The molecule has 0 N–H and O–H groups in total. The Morgan fingerprint density at radius 3 is 2.41 bits per heavy atom. The maximum atomic E-state index is 12.3. The van der Waals surface area contributed by atoms with Crippen LogP contribution in [-0.4, -0.2) is 78.8 Å². The van der Waals surface area contributed by atoms with Gasteiger partial charge in [0.1, 0.15) is 5.75 Å². The molecule has 2 fully saturated rings. The maximum absolute atomic E-state index is 12.3. The van der Waals surface area contributed by atoms with Gasteiger partial charge in [0.25, 0.3) is 5.56 Å². The van der Waals surface area contributed by atoms with E-state index in [9.17, 15) is 13.2 Å². The Kier molecular flexibility index (Phi) is 5.71. The Balaban J connectivity index is 1.40. The number of sulfone groups is 1. The molecule has 0 spiro atoms. The summed E-state index contributed by atoms with van der Waals surface area (Å²) < 4.78 is 30.1. The minimum absolute atomic E-state index is 0.133. The fourth-order valence-corrected chi connectivity index (χ4v) is 5.75. The Labute approximate surface area is 170 Å². The minimum atomic E-state index is -2.87. The zero-order chi connectivity index (χ0) is 20.4. The lowest BCUT2D eigenvalue weighted by Crippen LogP contribution is -2.51. The van der Waals surface area contributed by atoms with Gasteiger partial charge in [-0.1, -0.05) is 0 Å². The quantitative estimate of drug-likeness (QED) is 0.706. The summed E-state index contributed by atoms with van der Waals surface area (Å²) in [7, 11) is -1.24. The maximum Gasteiger partial charge on any atom is 0.268 e. The molecule has 8 nitrogen and oxygen atoms in total. The van der Waals surface area contributed by atoms with Crippen molar-refractivity contribution in [1.82, 2.24) is 19.6 Å². The number of nitrogens with zero attached hydrogens (tertiary/aromatic N) is 4. The fourth-order valence-electron chi connectivity index (χ4n) is 3.99. The predicted molar refractivity (Wildman–Crippen MR) is 111 cm³/mol. The van der Waals surface area contributed by atoms with Crippen LogP contribution < -0.4 is 10.3 Å². The molecule has 0 amide bonds. The summed E-state index contributed by atoms with van der Waals surface area (Å²) in [5, 5.41) is 4.54. The summed E-state index contributed by atoms with van der Waals surface area (Å²) in [6, 6.07) is 11.0. The van der Waals surface area contributed by atoms with E-state index in [1.807, 2.05) is 24.3 Å². The third-order valence-corrected chi connectivity index (χ3v) is 7.47. The number of methoxy groups -OCH3 is 1. The lowest BCUT2D eigenvalue weighted by atomic mass is 10.1. The van der Waals surface area contributed by atoms with Gasteiger partial charge in [-0.05, 0) is 36.8 Å². The second kappa shape index (κ2) is 8.25. The van der Waals surface area contributed by atoms with Gasteiger partial charge in [-0.25, -0.2) is 13.1 Å². The molecule has 4 rings (SSSR count). The van der Waals surface area contributed by atoms with Gasteiger partial charge in [-0.2, -0.15) is 5.10 Å². The molecule has 0 bridgehead atoms. The van der Waals surface area contributed by atoms with Crippen LogP contribution >= 0.6 is 0 Å². The van der Waals surface area contributed by atoms with Crippen LogP contribution in [0, 0.1) is 0 Å². The van der Waals surface area contributed by atoms with Crippen molar-refractivity contribution in [2.45, 2.75) is 19.1 Å². The van der Waals surface area contributed by atoms with Crippen LogP contribution in [0.3, 0.4) is 0 Å². The van der Waals surface area contributed by atoms with Gasteiger partial charge in [0, 0.05) is 43.9 Å². The SMILES string of the molecule is COc1ccc(-c2ccc(=O)n(CN3CCN(C4CCS(=O)(=O)C4)CC3)n2)cc1. The van der Waals surface area contributed by atoms with Crippen molar-refractivity contribution < 1.29 is 13.2 Å². The minimum Gasteiger partial charge on any atom is -0.497 e. The zero-order valence-electron chi connectivity index (χ0n) is 16.5. The fraction of sp³-hybridized carbons (Fsp3) is 0.500. The lowest BCUT2D eigenvalue weighted by Gasteiger charge is -2.37. The first-order chi connectivity index (χ1) is 13.9. The molecule has 0 aliphatic carbocycles. The standard InChI is InChI=1S/C20H26N4O4S/c1-28-18-4-2-16(3-5-18)19-6-7-20(25)24(21-19)15-22-9-11-23(12-10-22)17-8-13-29(26,27)14-17/h2-7,17H,8-15H2,1H3. The average molecular weight is 419 g/mol. The van der Waals surface area contributed by atoms with E-state index in [2.05, 4.69) is 14.9 Å². The Bertz CT molecular complexity index is 1010. The number of benzene rings is 1. The van der Waals surface area contributed by atoms with E-state index in [1.165, 1.54) is 4.68 Å². The molecular formula is C20H26N4O4S. The number of aromatic nitrogens is 2. The average Bonchev–Trinajstić information content (AvgIpc) is 3.10. The van der Waals surface area contributed by atoms with E-state index in [4.69, 9.17) is 4.74 Å². The van der Waals surface area contributed by atoms with Gasteiger partial charge in [-0.15, -0.1) is 0 Å². The number of hydrogen-bond acceptors (Lipinski definition) is 7. The van der Waals surface area contributed by atoms with E-state index in [0.29, 0.717) is 12.4 Å². The zero-order valence-corrected chi connectivity index (χ0v) is 17.3. The van der Waals surface area contributed by atoms with Crippen molar-refractivity contribution in [2.24, 2.45) is 0 Å². The third kappa shape index (κ3) is 4.68. The van der Waals surface area contributed by atoms with Crippen molar-refractivity contribution in [3.05, 3.63) is 46.8 Å². The van der Waals surface area contributed by atoms with Crippen LogP contribution in [0.4, 0.5) is 0 Å². The van der Waals surface area contributed by atoms with Crippen LogP contribution in [0.1, 0.15) is 6.42 Å². The van der Waals surface area contributed by atoms with Gasteiger partial charge in [0.05, 0.1) is 31.0 Å². The Hall–Kier alpha value is -2.23. The van der Waals surface area contributed by atoms with Crippen LogP contribution in [0.15, 0.2) is 41.2 Å². The molecule has 2 aliphatic rings. The van der Waals surface area contributed by atoms with Gasteiger partial charge >= 0.3 is 0 Å². The van der Waals surface area contributed by atoms with Crippen LogP contribution in [0.25, 0.3) is 11.3 Å². The van der Waals surface area contributed by atoms with Crippen molar-refractivity contribution >= 4 is 9.84 Å². The van der Waals surface area contributed by atoms with Crippen molar-refractivity contribution in [2.75, 3.05) is 44.8 Å². The molecule has 1 aromatic carbocycles. The van der Waals surface area contributed by atoms with Gasteiger partial charge in [-0.3, -0.25) is 14.6 Å². The molecule has 3 heterocycles. The highest BCUT2D eigenvalue weighted by Gasteiger charge is 2.33. The van der Waals surface area contributed by atoms with Gasteiger partial charge in [0.15, 0.2) is 9.84 Å². The summed E-state index contributed by atoms with van der Waals surface area (Å²) in [4.78, 5) is 16.8. The molecule has 9 heteroatoms. The van der Waals surface area contributed by atoms with Crippen LogP contribution in [0.2, 0.25) is 0 Å². The molecular weight excluding hydrogens is 392 g/mol. The second-order valence-electron chi connectivity index (χ2n) is 7.64. The normalized spacial score (nSPS) is 22.6. The molecule has 156 valence electrons. The first-order valence-corrected chi connectivity index (χ1v) is 11.6. The van der Waals surface area contributed by atoms with Crippen molar-refractivity contribution in [3.63, 3.8) is 0 Å². The molecule has 2 aliphatic heterocycles. The second-order valence-corrected chi connectivity index (χ2v) is 9.87. The predicted octanol–water partition coefficient (Wildman–Crippen LogP) is 0.681. The first-order valence-electron chi connectivity index (χ1n) is 9.83. The van der Waals surface area contributed by atoms with Gasteiger partial charge in [0.2, 0.25) is 0 Å². The smallest absolute Gasteiger partial charge is 0.268 e. The summed E-state index contributed by atoms with van der Waals surface area (Å²) in [5.41, 5.74) is 1.53. The highest BCUT2D eigenvalue weighted by molar-refractivity contribution is 7.91. The first kappa shape index (κ1) is 20.1. The highest BCUT2D eigenvalue weighted by atomic mass is 32.2. The highest BCUT2D eigenvalue weighted by Crippen LogP contribution is 2.21. The van der Waals surface area contributed by atoms with Gasteiger partial charge < -0.3 is 4.74 Å². The monoisotopic (exact) mass is 418 g/mol. The van der Waals surface area contributed by atoms with E-state index in [1.54, 1.807) is 19.2 Å². The Morgan fingerprint density at radius 1 is 1.07 bits per heavy atom. The number of hydrogen-bond donors (Lipinski definition) is 0. The number of ether oxygens (including phenoxy) is 1. The molecule has 0 radical (unpaired) electrons.